The molecule has 0 bridgehead atoms. The Morgan fingerprint density at radius 3 is 2.18 bits per heavy atom. The summed E-state index contributed by atoms with van der Waals surface area (Å²) < 4.78 is 0. The molecule has 0 spiro atoms. The van der Waals surface area contributed by atoms with Crippen molar-refractivity contribution in [1.29, 1.82) is 0 Å². The zero-order valence-corrected chi connectivity index (χ0v) is 17.1. The Balaban J connectivity index is 2.12. The molecule has 0 atom stereocenters. The first kappa shape index (κ1) is 20.0. The van der Waals surface area contributed by atoms with Crippen LogP contribution in [0.3, 0.4) is 0 Å². The second-order valence-corrected chi connectivity index (χ2v) is 8.48. The highest BCUT2D eigenvalue weighted by molar-refractivity contribution is 7.98. The molecule has 4 nitrogen and oxygen atoms in total. The van der Waals surface area contributed by atoms with Crippen LogP contribution in [0.15, 0.2) is 78.0 Å². The Bertz CT molecular complexity index is 938. The van der Waals surface area contributed by atoms with E-state index in [0.717, 1.165) is 21.8 Å². The average molecular weight is 393 g/mol. The van der Waals surface area contributed by atoms with Gasteiger partial charge in [-0.15, -0.1) is 11.8 Å². The van der Waals surface area contributed by atoms with E-state index in [1.54, 1.807) is 24.2 Å². The third-order valence-corrected chi connectivity index (χ3v) is 5.38. The highest BCUT2D eigenvalue weighted by Crippen LogP contribution is 2.42. The molecule has 2 aromatic carbocycles. The van der Waals surface area contributed by atoms with Gasteiger partial charge in [0.15, 0.2) is 0 Å². The van der Waals surface area contributed by atoms with Gasteiger partial charge in [-0.3, -0.25) is 9.88 Å². The van der Waals surface area contributed by atoms with Crippen LogP contribution in [-0.4, -0.2) is 21.7 Å². The van der Waals surface area contributed by atoms with Gasteiger partial charge in [0.05, 0.1) is 10.6 Å². The van der Waals surface area contributed by atoms with Gasteiger partial charge in [0.1, 0.15) is 0 Å². The van der Waals surface area contributed by atoms with E-state index in [-0.39, 0.29) is 0 Å². The number of aromatic nitrogens is 1. The Hall–Kier alpha value is -2.79. The van der Waals surface area contributed by atoms with E-state index >= 15 is 0 Å². The monoisotopic (exact) mass is 392 g/mol. The van der Waals surface area contributed by atoms with Crippen molar-refractivity contribution in [2.24, 2.45) is 0 Å². The Morgan fingerprint density at radius 1 is 1.00 bits per heavy atom. The number of nitrogens with zero attached hydrogens (tertiary/aromatic N) is 2. The number of amides is 1. The van der Waals surface area contributed by atoms with Crippen LogP contribution in [-0.2, 0) is 5.75 Å². The zero-order valence-electron chi connectivity index (χ0n) is 16.3. The second kappa shape index (κ2) is 8.48. The second-order valence-electron chi connectivity index (χ2n) is 7.46. The number of anilines is 1. The zero-order chi connectivity index (χ0) is 20.1. The first-order chi connectivity index (χ1) is 13.4. The van der Waals surface area contributed by atoms with E-state index < -0.39 is 11.6 Å². The summed E-state index contributed by atoms with van der Waals surface area (Å²) in [6.07, 6.45) is 2.54. The summed E-state index contributed by atoms with van der Waals surface area (Å²) in [4.78, 5) is 19.0. The summed E-state index contributed by atoms with van der Waals surface area (Å²) >= 11 is 1.60. The highest BCUT2D eigenvalue weighted by atomic mass is 32.2. The Kier molecular flexibility index (Phi) is 6.05. The highest BCUT2D eigenvalue weighted by Gasteiger charge is 2.32. The van der Waals surface area contributed by atoms with Crippen molar-refractivity contribution in [3.8, 4) is 11.1 Å². The van der Waals surface area contributed by atoms with Gasteiger partial charge in [0, 0.05) is 29.2 Å². The van der Waals surface area contributed by atoms with Crippen LogP contribution in [0.2, 0.25) is 0 Å². The molecule has 0 aliphatic carbocycles. The van der Waals surface area contributed by atoms with Crippen LogP contribution in [0.1, 0.15) is 26.3 Å². The summed E-state index contributed by atoms with van der Waals surface area (Å²) in [5.74, 6) is 0.741. The van der Waals surface area contributed by atoms with Crippen molar-refractivity contribution in [3.05, 3.63) is 78.6 Å². The van der Waals surface area contributed by atoms with E-state index in [1.165, 1.54) is 10.5 Å². The molecule has 0 fully saturated rings. The predicted molar refractivity (Wildman–Crippen MR) is 116 cm³/mol. The van der Waals surface area contributed by atoms with Crippen LogP contribution in [0.25, 0.3) is 11.1 Å². The molecule has 0 saturated carbocycles. The topological polar surface area (TPSA) is 53.4 Å². The average Bonchev–Trinajstić information content (AvgIpc) is 2.67. The van der Waals surface area contributed by atoms with E-state index in [4.69, 9.17) is 0 Å². The Labute approximate surface area is 170 Å². The molecule has 1 amide bonds. The maximum Gasteiger partial charge on any atom is 0.412 e. The number of hydrogen-bond acceptors (Lipinski definition) is 3. The normalized spacial score (nSPS) is 11.2. The maximum absolute atomic E-state index is 12.3. The number of hydrogen-bond donors (Lipinski definition) is 1. The van der Waals surface area contributed by atoms with Crippen molar-refractivity contribution in [3.63, 3.8) is 0 Å². The van der Waals surface area contributed by atoms with Crippen LogP contribution in [0.4, 0.5) is 10.5 Å². The van der Waals surface area contributed by atoms with Gasteiger partial charge in [0.2, 0.25) is 0 Å². The number of benzene rings is 2. The van der Waals surface area contributed by atoms with Gasteiger partial charge in [-0.2, -0.15) is 0 Å². The fourth-order valence-corrected chi connectivity index (χ4v) is 4.04. The Morgan fingerprint density at radius 2 is 1.61 bits per heavy atom. The fourth-order valence-electron chi connectivity index (χ4n) is 3.05. The van der Waals surface area contributed by atoms with Crippen LogP contribution < -0.4 is 4.90 Å². The predicted octanol–water partition coefficient (Wildman–Crippen LogP) is 6.32. The van der Waals surface area contributed by atoms with Crippen molar-refractivity contribution in [2.45, 2.75) is 37.0 Å². The van der Waals surface area contributed by atoms with E-state index in [9.17, 15) is 9.90 Å². The van der Waals surface area contributed by atoms with E-state index in [0.29, 0.717) is 5.69 Å². The summed E-state index contributed by atoms with van der Waals surface area (Å²) in [5, 5.41) is 10.0. The molecule has 28 heavy (non-hydrogen) atoms. The molecular formula is C23H24N2O2S. The molecule has 0 aliphatic heterocycles. The lowest BCUT2D eigenvalue weighted by atomic mass is 10.0. The van der Waals surface area contributed by atoms with Gasteiger partial charge >= 0.3 is 6.09 Å². The first-order valence-corrected chi connectivity index (χ1v) is 10.1. The molecule has 0 unspecified atom stereocenters. The van der Waals surface area contributed by atoms with Crippen LogP contribution in [0, 0.1) is 0 Å². The summed E-state index contributed by atoms with van der Waals surface area (Å²) in [6, 6.07) is 20.0. The molecule has 144 valence electrons. The summed E-state index contributed by atoms with van der Waals surface area (Å²) in [7, 11) is 0. The van der Waals surface area contributed by atoms with Crippen molar-refractivity contribution in [2.75, 3.05) is 4.90 Å². The number of rotatable bonds is 5. The largest absolute Gasteiger partial charge is 0.465 e. The molecule has 3 aromatic rings. The number of pyridine rings is 1. The van der Waals surface area contributed by atoms with E-state index in [1.807, 2.05) is 69.3 Å². The van der Waals surface area contributed by atoms with Gasteiger partial charge in [-0.25, -0.2) is 4.79 Å². The number of carboxylic acid groups (broad SMARTS) is 1. The van der Waals surface area contributed by atoms with Gasteiger partial charge in [0.25, 0.3) is 0 Å². The smallest absolute Gasteiger partial charge is 0.412 e. The molecule has 1 heterocycles. The third kappa shape index (κ3) is 4.54. The minimum atomic E-state index is -0.975. The lowest BCUT2D eigenvalue weighted by molar-refractivity contribution is 0.195. The standard InChI is InChI=1S/C23H24N2O2S/c1-23(2,3)25(22(26)27)21-19(18-12-8-5-9-13-18)14-24-15-20(21)28-16-17-10-6-4-7-11-17/h4-15H,16H2,1-3H3,(H,26,27). The minimum absolute atomic E-state index is 0.598. The minimum Gasteiger partial charge on any atom is -0.465 e. The van der Waals surface area contributed by atoms with Crippen molar-refractivity contribution in [1.82, 2.24) is 4.98 Å². The molecule has 1 N–H and O–H groups in total. The van der Waals surface area contributed by atoms with Gasteiger partial charge in [-0.05, 0) is 31.9 Å². The molecule has 3 rings (SSSR count). The van der Waals surface area contributed by atoms with Crippen molar-refractivity contribution < 1.29 is 9.90 Å². The molecule has 5 heteroatoms. The van der Waals surface area contributed by atoms with Crippen LogP contribution >= 0.6 is 11.8 Å². The number of thioether (sulfide) groups is 1. The third-order valence-electron chi connectivity index (χ3n) is 4.29. The SMILES string of the molecule is CC(C)(C)N(C(=O)O)c1c(SCc2ccccc2)cncc1-c1ccccc1. The van der Waals surface area contributed by atoms with Gasteiger partial charge < -0.3 is 5.11 Å². The molecule has 1 aromatic heterocycles. The van der Waals surface area contributed by atoms with Crippen LogP contribution in [0.5, 0.6) is 0 Å². The maximum atomic E-state index is 12.3. The van der Waals surface area contributed by atoms with Gasteiger partial charge in [-0.1, -0.05) is 60.7 Å². The number of carbonyl (C=O) groups is 1. The first-order valence-electron chi connectivity index (χ1n) is 9.11. The quantitative estimate of drug-likeness (QED) is 0.516. The lowest BCUT2D eigenvalue weighted by Gasteiger charge is -2.35. The van der Waals surface area contributed by atoms with E-state index in [2.05, 4.69) is 17.1 Å². The molecule has 0 saturated heterocycles. The molecule has 0 aliphatic rings. The fraction of sp³-hybridized carbons (Fsp3) is 0.217. The summed E-state index contributed by atoms with van der Waals surface area (Å²) in [6.45, 7) is 5.71. The lowest BCUT2D eigenvalue weighted by Crippen LogP contribution is -2.45. The summed E-state index contributed by atoms with van der Waals surface area (Å²) in [5.41, 5.74) is 3.03. The van der Waals surface area contributed by atoms with Crippen molar-refractivity contribution >= 4 is 23.5 Å². The molecular weight excluding hydrogens is 368 g/mol. The molecule has 0 radical (unpaired) electrons.